The Labute approximate surface area is 119 Å². The summed E-state index contributed by atoms with van der Waals surface area (Å²) in [7, 11) is 0. The summed E-state index contributed by atoms with van der Waals surface area (Å²) in [6.07, 6.45) is 1.79. The van der Waals surface area contributed by atoms with Crippen molar-refractivity contribution >= 4 is 12.1 Å². The minimum Gasteiger partial charge on any atom is -0.479 e. The van der Waals surface area contributed by atoms with E-state index in [2.05, 4.69) is 5.32 Å². The van der Waals surface area contributed by atoms with E-state index in [1.807, 2.05) is 20.8 Å². The fourth-order valence-electron chi connectivity index (χ4n) is 2.43. The maximum absolute atomic E-state index is 11.6. The first-order valence-electron chi connectivity index (χ1n) is 7.08. The van der Waals surface area contributed by atoms with Crippen molar-refractivity contribution in [3.63, 3.8) is 0 Å². The average Bonchev–Trinajstić information content (AvgIpc) is 2.28. The van der Waals surface area contributed by atoms with Gasteiger partial charge in [0.15, 0.2) is 6.10 Å². The summed E-state index contributed by atoms with van der Waals surface area (Å²) in [6, 6.07) is 0.0723. The number of amides is 1. The van der Waals surface area contributed by atoms with Crippen molar-refractivity contribution in [2.75, 3.05) is 0 Å². The van der Waals surface area contributed by atoms with Crippen LogP contribution in [0.4, 0.5) is 4.79 Å². The van der Waals surface area contributed by atoms with E-state index in [0.717, 1.165) is 25.7 Å². The van der Waals surface area contributed by atoms with Crippen LogP contribution in [0.2, 0.25) is 0 Å². The molecule has 0 heterocycles. The molecule has 0 aromatic carbocycles. The van der Waals surface area contributed by atoms with E-state index in [0.29, 0.717) is 0 Å². The first-order chi connectivity index (χ1) is 9.17. The van der Waals surface area contributed by atoms with E-state index in [1.165, 1.54) is 0 Å². The number of nitrogens with one attached hydrogen (secondary N) is 1. The highest BCUT2D eigenvalue weighted by atomic mass is 16.6. The van der Waals surface area contributed by atoms with Crippen molar-refractivity contribution in [1.29, 1.82) is 0 Å². The van der Waals surface area contributed by atoms with Crippen molar-refractivity contribution in [3.8, 4) is 0 Å². The molecule has 0 bridgehead atoms. The molecule has 116 valence electrons. The predicted octanol–water partition coefficient (Wildman–Crippen LogP) is 1.91. The van der Waals surface area contributed by atoms with Crippen LogP contribution in [0.1, 0.15) is 52.9 Å². The number of ether oxygens (including phenoxy) is 1. The molecule has 0 spiro atoms. The summed E-state index contributed by atoms with van der Waals surface area (Å²) in [5.74, 6) is -0.961. The number of carboxylic acids is 1. The monoisotopic (exact) mass is 287 g/mol. The number of aliphatic hydroxyl groups excluding tert-OH is 1. The van der Waals surface area contributed by atoms with Gasteiger partial charge in [-0.25, -0.2) is 9.59 Å². The Bertz CT molecular complexity index is 342. The molecule has 1 aliphatic carbocycles. The Kier molecular flexibility index (Phi) is 5.80. The van der Waals surface area contributed by atoms with Crippen LogP contribution in [0.5, 0.6) is 0 Å². The maximum atomic E-state index is 11.6. The highest BCUT2D eigenvalue weighted by molar-refractivity contribution is 5.71. The number of rotatable bonds is 4. The van der Waals surface area contributed by atoms with E-state index in [4.69, 9.17) is 9.84 Å². The van der Waals surface area contributed by atoms with Crippen molar-refractivity contribution in [2.45, 2.75) is 70.6 Å². The molecule has 0 radical (unpaired) electrons. The first kappa shape index (κ1) is 16.8. The van der Waals surface area contributed by atoms with Gasteiger partial charge in [-0.15, -0.1) is 0 Å². The molecule has 0 aromatic rings. The zero-order chi connectivity index (χ0) is 15.3. The zero-order valence-corrected chi connectivity index (χ0v) is 12.4. The van der Waals surface area contributed by atoms with Crippen LogP contribution < -0.4 is 5.32 Å². The molecule has 0 saturated heterocycles. The van der Waals surface area contributed by atoms with Gasteiger partial charge in [0.1, 0.15) is 5.60 Å². The molecule has 3 N–H and O–H groups in total. The molecule has 1 atom stereocenters. The molecule has 0 aliphatic heterocycles. The lowest BCUT2D eigenvalue weighted by atomic mass is 9.83. The van der Waals surface area contributed by atoms with E-state index < -0.39 is 23.8 Å². The van der Waals surface area contributed by atoms with Crippen LogP contribution in [0.25, 0.3) is 0 Å². The number of carboxylic acid groups (broad SMARTS) is 1. The Morgan fingerprint density at radius 3 is 2.25 bits per heavy atom. The second-order valence-corrected chi connectivity index (χ2v) is 6.45. The van der Waals surface area contributed by atoms with Crippen molar-refractivity contribution in [2.24, 2.45) is 5.92 Å². The van der Waals surface area contributed by atoms with E-state index in [9.17, 15) is 14.7 Å². The van der Waals surface area contributed by atoms with Crippen LogP contribution in [0, 0.1) is 5.92 Å². The van der Waals surface area contributed by atoms with Crippen molar-refractivity contribution < 1.29 is 24.5 Å². The number of carbonyl (C=O) groups excluding carboxylic acids is 1. The Balaban J connectivity index is 2.29. The van der Waals surface area contributed by atoms with Crippen LogP contribution in [-0.2, 0) is 9.53 Å². The lowest BCUT2D eigenvalue weighted by molar-refractivity contribution is -0.147. The second kappa shape index (κ2) is 6.92. The van der Waals surface area contributed by atoms with Gasteiger partial charge in [-0.05, 0) is 58.8 Å². The normalized spacial score (nSPS) is 24.8. The number of hydrogen-bond donors (Lipinski definition) is 3. The van der Waals surface area contributed by atoms with E-state index in [-0.39, 0.29) is 18.4 Å². The molecule has 20 heavy (non-hydrogen) atoms. The third kappa shape index (κ3) is 6.23. The lowest BCUT2D eigenvalue weighted by Gasteiger charge is -2.30. The average molecular weight is 287 g/mol. The molecule has 1 amide bonds. The van der Waals surface area contributed by atoms with Crippen LogP contribution in [0.15, 0.2) is 0 Å². The SMILES string of the molecule is CC(C)(C)OC(=O)NC1CCC(CC(O)C(=O)O)CC1. The Morgan fingerprint density at radius 2 is 1.80 bits per heavy atom. The van der Waals surface area contributed by atoms with Gasteiger partial charge in [-0.3, -0.25) is 0 Å². The van der Waals surface area contributed by atoms with Gasteiger partial charge < -0.3 is 20.3 Å². The van der Waals surface area contributed by atoms with Gasteiger partial charge in [0.05, 0.1) is 0 Å². The van der Waals surface area contributed by atoms with Gasteiger partial charge in [-0.1, -0.05) is 0 Å². The molecule has 0 aromatic heterocycles. The lowest BCUT2D eigenvalue weighted by Crippen LogP contribution is -2.41. The third-order valence-electron chi connectivity index (χ3n) is 3.41. The quantitative estimate of drug-likeness (QED) is 0.734. The van der Waals surface area contributed by atoms with Gasteiger partial charge in [0, 0.05) is 6.04 Å². The van der Waals surface area contributed by atoms with Gasteiger partial charge >= 0.3 is 12.1 Å². The fourth-order valence-corrected chi connectivity index (χ4v) is 2.43. The molecule has 1 unspecified atom stereocenters. The topological polar surface area (TPSA) is 95.9 Å². The third-order valence-corrected chi connectivity index (χ3v) is 3.41. The molecule has 1 saturated carbocycles. The second-order valence-electron chi connectivity index (χ2n) is 6.45. The van der Waals surface area contributed by atoms with Gasteiger partial charge in [0.25, 0.3) is 0 Å². The predicted molar refractivity (Wildman–Crippen MR) is 73.4 cm³/mol. The summed E-state index contributed by atoms with van der Waals surface area (Å²) in [6.45, 7) is 5.45. The fraction of sp³-hybridized carbons (Fsp3) is 0.857. The summed E-state index contributed by atoms with van der Waals surface area (Å²) >= 11 is 0. The number of aliphatic carboxylic acids is 1. The number of carbonyl (C=O) groups is 2. The molecule has 1 fully saturated rings. The summed E-state index contributed by atoms with van der Waals surface area (Å²) in [5, 5.41) is 20.8. The molecule has 1 aliphatic rings. The smallest absolute Gasteiger partial charge is 0.407 e. The van der Waals surface area contributed by atoms with Crippen LogP contribution in [0.3, 0.4) is 0 Å². The standard InChI is InChI=1S/C14H25NO5/c1-14(2,3)20-13(19)15-10-6-4-9(5-7-10)8-11(16)12(17)18/h9-11,16H,4-8H2,1-3H3,(H,15,19)(H,17,18). The highest BCUT2D eigenvalue weighted by Crippen LogP contribution is 2.28. The molecule has 6 nitrogen and oxygen atoms in total. The van der Waals surface area contributed by atoms with E-state index in [1.54, 1.807) is 0 Å². The molecule has 1 rings (SSSR count). The Hall–Kier alpha value is -1.30. The van der Waals surface area contributed by atoms with Crippen LogP contribution >= 0.6 is 0 Å². The summed E-state index contributed by atoms with van der Waals surface area (Å²) in [5.41, 5.74) is -0.507. The van der Waals surface area contributed by atoms with Gasteiger partial charge in [-0.2, -0.15) is 0 Å². The number of hydrogen-bond acceptors (Lipinski definition) is 4. The molecular weight excluding hydrogens is 262 g/mol. The summed E-state index contributed by atoms with van der Waals surface area (Å²) in [4.78, 5) is 22.2. The zero-order valence-electron chi connectivity index (χ0n) is 12.4. The van der Waals surface area contributed by atoms with Crippen molar-refractivity contribution in [3.05, 3.63) is 0 Å². The number of aliphatic hydroxyl groups is 1. The largest absolute Gasteiger partial charge is 0.479 e. The molecular formula is C14H25NO5. The van der Waals surface area contributed by atoms with E-state index >= 15 is 0 Å². The minimum atomic E-state index is -1.28. The first-order valence-corrected chi connectivity index (χ1v) is 7.08. The molecule has 6 heteroatoms. The van der Waals surface area contributed by atoms with Gasteiger partial charge in [0.2, 0.25) is 0 Å². The minimum absolute atomic E-state index is 0.0723. The van der Waals surface area contributed by atoms with Crippen molar-refractivity contribution in [1.82, 2.24) is 5.32 Å². The number of alkyl carbamates (subject to hydrolysis) is 1. The summed E-state index contributed by atoms with van der Waals surface area (Å²) < 4.78 is 5.20. The van der Waals surface area contributed by atoms with Crippen LogP contribution in [-0.4, -0.2) is 40.0 Å². The maximum Gasteiger partial charge on any atom is 0.407 e. The highest BCUT2D eigenvalue weighted by Gasteiger charge is 2.27. The Morgan fingerprint density at radius 1 is 1.25 bits per heavy atom.